The van der Waals surface area contributed by atoms with E-state index < -0.39 is 0 Å². The quantitative estimate of drug-likeness (QED) is 0.790. The molecule has 0 radical (unpaired) electrons. The normalized spacial score (nSPS) is 10.5. The second kappa shape index (κ2) is 3.98. The van der Waals surface area contributed by atoms with Crippen molar-refractivity contribution in [3.05, 3.63) is 30.0 Å². The van der Waals surface area contributed by atoms with Gasteiger partial charge in [-0.15, -0.1) is 11.8 Å². The number of aromatic nitrogens is 1. The largest absolute Gasteiger partial charge is 0.367 e. The van der Waals surface area contributed by atoms with E-state index >= 15 is 0 Å². The average molecular weight is 220 g/mol. The van der Waals surface area contributed by atoms with Crippen LogP contribution in [0.25, 0.3) is 11.1 Å². The van der Waals surface area contributed by atoms with E-state index in [0.717, 1.165) is 11.1 Å². The lowest BCUT2D eigenvalue weighted by molar-refractivity contribution is 0.436. The van der Waals surface area contributed by atoms with Gasteiger partial charge in [-0.05, 0) is 30.4 Å². The van der Waals surface area contributed by atoms with Gasteiger partial charge in [0.25, 0.3) is 0 Å². The maximum absolute atomic E-state index is 5.66. The van der Waals surface area contributed by atoms with Crippen LogP contribution in [-0.2, 0) is 0 Å². The second-order valence-electron chi connectivity index (χ2n) is 3.29. The van der Waals surface area contributed by atoms with Gasteiger partial charge in [0, 0.05) is 4.90 Å². The topological polar surface area (TPSA) is 52.0 Å². The molecule has 0 saturated heterocycles. The van der Waals surface area contributed by atoms with Crippen LogP contribution in [0.1, 0.15) is 5.56 Å². The fourth-order valence-corrected chi connectivity index (χ4v) is 2.10. The SMILES string of the molecule is CSc1ccc(-c2cnoc2N)cc1C. The highest BCUT2D eigenvalue weighted by Crippen LogP contribution is 2.29. The van der Waals surface area contributed by atoms with E-state index in [2.05, 4.69) is 30.5 Å². The molecule has 0 aliphatic rings. The van der Waals surface area contributed by atoms with Gasteiger partial charge in [-0.25, -0.2) is 0 Å². The molecule has 1 aromatic carbocycles. The first kappa shape index (κ1) is 10.1. The van der Waals surface area contributed by atoms with Gasteiger partial charge in [0.2, 0.25) is 5.88 Å². The van der Waals surface area contributed by atoms with Crippen LogP contribution in [0.3, 0.4) is 0 Å². The number of aryl methyl sites for hydroxylation is 1. The summed E-state index contributed by atoms with van der Waals surface area (Å²) in [5.41, 5.74) is 8.79. The molecule has 0 unspecified atom stereocenters. The van der Waals surface area contributed by atoms with Gasteiger partial charge in [-0.3, -0.25) is 0 Å². The fraction of sp³-hybridized carbons (Fsp3) is 0.182. The first-order valence-electron chi connectivity index (χ1n) is 4.57. The van der Waals surface area contributed by atoms with Crippen molar-refractivity contribution in [3.8, 4) is 11.1 Å². The zero-order valence-electron chi connectivity index (χ0n) is 8.65. The van der Waals surface area contributed by atoms with Crippen molar-refractivity contribution in [1.82, 2.24) is 5.16 Å². The van der Waals surface area contributed by atoms with Crippen molar-refractivity contribution in [3.63, 3.8) is 0 Å². The van der Waals surface area contributed by atoms with E-state index in [1.165, 1.54) is 10.5 Å². The number of nitrogen functional groups attached to an aromatic ring is 1. The molecule has 1 aromatic heterocycles. The number of hydrogen-bond donors (Lipinski definition) is 1. The van der Waals surface area contributed by atoms with Gasteiger partial charge in [-0.1, -0.05) is 17.3 Å². The van der Waals surface area contributed by atoms with Crippen molar-refractivity contribution < 1.29 is 4.52 Å². The van der Waals surface area contributed by atoms with Crippen molar-refractivity contribution >= 4 is 17.6 Å². The summed E-state index contributed by atoms with van der Waals surface area (Å²) >= 11 is 1.74. The zero-order chi connectivity index (χ0) is 10.8. The van der Waals surface area contributed by atoms with Gasteiger partial charge in [0.15, 0.2) is 0 Å². The van der Waals surface area contributed by atoms with Crippen molar-refractivity contribution in [2.75, 3.05) is 12.0 Å². The lowest BCUT2D eigenvalue weighted by Gasteiger charge is -2.04. The van der Waals surface area contributed by atoms with Crippen LogP contribution in [0.2, 0.25) is 0 Å². The second-order valence-corrected chi connectivity index (χ2v) is 4.14. The molecule has 0 amide bonds. The Bertz CT molecular complexity index is 479. The molecule has 1 heterocycles. The van der Waals surface area contributed by atoms with E-state index in [9.17, 15) is 0 Å². The minimum absolute atomic E-state index is 0.367. The smallest absolute Gasteiger partial charge is 0.229 e. The Hall–Kier alpha value is -1.42. The highest BCUT2D eigenvalue weighted by atomic mass is 32.2. The summed E-state index contributed by atoms with van der Waals surface area (Å²) in [7, 11) is 0. The molecule has 0 spiro atoms. The van der Waals surface area contributed by atoms with Gasteiger partial charge in [0.1, 0.15) is 0 Å². The van der Waals surface area contributed by atoms with E-state index in [1.807, 2.05) is 6.07 Å². The first-order valence-corrected chi connectivity index (χ1v) is 5.80. The van der Waals surface area contributed by atoms with Crippen LogP contribution in [0.15, 0.2) is 33.8 Å². The maximum Gasteiger partial charge on any atom is 0.229 e. The lowest BCUT2D eigenvalue weighted by Crippen LogP contribution is -1.86. The van der Waals surface area contributed by atoms with Crippen LogP contribution in [0.5, 0.6) is 0 Å². The summed E-state index contributed by atoms with van der Waals surface area (Å²) in [5.74, 6) is 0.367. The van der Waals surface area contributed by atoms with Gasteiger partial charge in [-0.2, -0.15) is 0 Å². The number of thioether (sulfide) groups is 1. The van der Waals surface area contributed by atoms with Crippen LogP contribution in [0.4, 0.5) is 5.88 Å². The van der Waals surface area contributed by atoms with Gasteiger partial charge < -0.3 is 10.3 Å². The number of rotatable bonds is 2. The number of benzene rings is 1. The first-order chi connectivity index (χ1) is 7.22. The predicted molar refractivity (Wildman–Crippen MR) is 62.9 cm³/mol. The van der Waals surface area contributed by atoms with Crippen molar-refractivity contribution in [1.29, 1.82) is 0 Å². The summed E-state index contributed by atoms with van der Waals surface area (Å²) in [6, 6.07) is 6.21. The van der Waals surface area contributed by atoms with Crippen LogP contribution in [0, 0.1) is 6.92 Å². The van der Waals surface area contributed by atoms with E-state index in [1.54, 1.807) is 18.0 Å². The Morgan fingerprint density at radius 2 is 2.20 bits per heavy atom. The predicted octanol–water partition coefficient (Wildman–Crippen LogP) is 2.95. The number of nitrogens with two attached hydrogens (primary N) is 1. The molecule has 4 heteroatoms. The fourth-order valence-electron chi connectivity index (χ4n) is 1.51. The maximum atomic E-state index is 5.66. The molecule has 15 heavy (non-hydrogen) atoms. The lowest BCUT2D eigenvalue weighted by atomic mass is 10.1. The average Bonchev–Trinajstić information content (AvgIpc) is 2.64. The summed E-state index contributed by atoms with van der Waals surface area (Å²) < 4.78 is 4.84. The minimum Gasteiger partial charge on any atom is -0.367 e. The highest BCUT2D eigenvalue weighted by molar-refractivity contribution is 7.98. The molecule has 0 saturated carbocycles. The summed E-state index contributed by atoms with van der Waals surface area (Å²) in [4.78, 5) is 1.27. The molecule has 3 nitrogen and oxygen atoms in total. The molecular formula is C11H12N2OS. The highest BCUT2D eigenvalue weighted by Gasteiger charge is 2.07. The van der Waals surface area contributed by atoms with Gasteiger partial charge in [0.05, 0.1) is 11.8 Å². The molecule has 0 bridgehead atoms. The van der Waals surface area contributed by atoms with Crippen LogP contribution >= 0.6 is 11.8 Å². The Morgan fingerprint density at radius 1 is 1.40 bits per heavy atom. The Kier molecular flexibility index (Phi) is 2.68. The molecule has 0 fully saturated rings. The molecule has 2 rings (SSSR count). The van der Waals surface area contributed by atoms with Crippen LogP contribution < -0.4 is 5.73 Å². The molecular weight excluding hydrogens is 208 g/mol. The number of nitrogens with zero attached hydrogens (tertiary/aromatic N) is 1. The van der Waals surface area contributed by atoms with E-state index in [-0.39, 0.29) is 0 Å². The standard InChI is InChI=1S/C11H12N2OS/c1-7-5-8(3-4-10(7)15-2)9-6-13-14-11(9)12/h3-6H,12H2,1-2H3. The molecule has 2 aromatic rings. The summed E-state index contributed by atoms with van der Waals surface area (Å²) in [6.07, 6.45) is 3.71. The third kappa shape index (κ3) is 1.85. The summed E-state index contributed by atoms with van der Waals surface area (Å²) in [5, 5.41) is 3.67. The molecule has 0 atom stereocenters. The van der Waals surface area contributed by atoms with Crippen molar-refractivity contribution in [2.24, 2.45) is 0 Å². The van der Waals surface area contributed by atoms with Crippen LogP contribution in [-0.4, -0.2) is 11.4 Å². The zero-order valence-corrected chi connectivity index (χ0v) is 9.47. The Morgan fingerprint density at radius 3 is 2.73 bits per heavy atom. The Balaban J connectivity index is 2.47. The number of anilines is 1. The molecule has 2 N–H and O–H groups in total. The van der Waals surface area contributed by atoms with E-state index in [4.69, 9.17) is 10.3 Å². The number of hydrogen-bond acceptors (Lipinski definition) is 4. The third-order valence-electron chi connectivity index (χ3n) is 2.30. The molecule has 78 valence electrons. The minimum atomic E-state index is 0.367. The molecule has 0 aliphatic heterocycles. The van der Waals surface area contributed by atoms with Gasteiger partial charge >= 0.3 is 0 Å². The monoisotopic (exact) mass is 220 g/mol. The Labute approximate surface area is 92.6 Å². The van der Waals surface area contributed by atoms with E-state index in [0.29, 0.717) is 5.88 Å². The third-order valence-corrected chi connectivity index (χ3v) is 3.20. The molecule has 0 aliphatic carbocycles. The van der Waals surface area contributed by atoms with Crippen molar-refractivity contribution in [2.45, 2.75) is 11.8 Å². The summed E-state index contributed by atoms with van der Waals surface area (Å²) in [6.45, 7) is 2.08.